The molecule has 0 aliphatic carbocycles. The van der Waals surface area contributed by atoms with E-state index in [4.69, 9.17) is 9.47 Å². The van der Waals surface area contributed by atoms with E-state index in [2.05, 4.69) is 25.6 Å². The van der Waals surface area contributed by atoms with Gasteiger partial charge in [0, 0.05) is 31.4 Å². The smallest absolute Gasteiger partial charge is 0.246 e. The third-order valence-corrected chi connectivity index (χ3v) is 5.55. The summed E-state index contributed by atoms with van der Waals surface area (Å²) < 4.78 is 11.4. The van der Waals surface area contributed by atoms with Gasteiger partial charge >= 0.3 is 0 Å². The molecule has 1 atom stereocenters. The van der Waals surface area contributed by atoms with Crippen LogP contribution in [0.5, 0.6) is 11.6 Å². The van der Waals surface area contributed by atoms with Crippen molar-refractivity contribution in [1.82, 2.24) is 15.0 Å². The number of carbonyl (C=O) groups excluding carboxylic acids is 1. The van der Waals surface area contributed by atoms with Crippen LogP contribution in [-0.4, -0.2) is 40.1 Å². The van der Waals surface area contributed by atoms with E-state index in [1.54, 1.807) is 6.20 Å². The van der Waals surface area contributed by atoms with Gasteiger partial charge in [0.05, 0.1) is 11.8 Å². The molecule has 0 unspecified atom stereocenters. The molecular formula is C25H30N6O3. The van der Waals surface area contributed by atoms with Crippen LogP contribution in [0.4, 0.5) is 17.5 Å². The number of hydrogen-bond acceptors (Lipinski definition) is 8. The number of ether oxygens (including phenoxy) is 2. The van der Waals surface area contributed by atoms with Gasteiger partial charge in [-0.1, -0.05) is 12.1 Å². The van der Waals surface area contributed by atoms with Gasteiger partial charge < -0.3 is 25.0 Å². The standard InChI is InChI=1S/C25H30N6O3/c1-15(2)34-21-11-8-19(13-26-21)14-33-20-9-6-18(7-10-20)12-27-25-28-16(3)22-23(30-25)31(5)17(4)24(32)29-22/h6-11,13,15,17H,12,14H2,1-5H3,(H,29,32)(H,27,28,30)/t17-/m0/s1. The van der Waals surface area contributed by atoms with Crippen LogP contribution in [0.2, 0.25) is 0 Å². The Morgan fingerprint density at radius 2 is 1.85 bits per heavy atom. The molecule has 0 bridgehead atoms. The highest BCUT2D eigenvalue weighted by Crippen LogP contribution is 2.32. The molecule has 178 valence electrons. The Hall–Kier alpha value is -3.88. The maximum atomic E-state index is 12.1. The summed E-state index contributed by atoms with van der Waals surface area (Å²) in [7, 11) is 1.86. The number of aryl methyl sites for hydroxylation is 1. The fraction of sp³-hybridized carbons (Fsp3) is 0.360. The molecule has 1 aliphatic heterocycles. The van der Waals surface area contributed by atoms with E-state index < -0.39 is 0 Å². The quantitative estimate of drug-likeness (QED) is 0.519. The number of carbonyl (C=O) groups is 1. The van der Waals surface area contributed by atoms with Crippen molar-refractivity contribution in [3.63, 3.8) is 0 Å². The normalized spacial score (nSPS) is 15.1. The van der Waals surface area contributed by atoms with Gasteiger partial charge in [-0.25, -0.2) is 9.97 Å². The Kier molecular flexibility index (Phi) is 6.81. The molecule has 0 saturated heterocycles. The zero-order valence-corrected chi connectivity index (χ0v) is 20.1. The second-order valence-electron chi connectivity index (χ2n) is 8.56. The van der Waals surface area contributed by atoms with Crippen molar-refractivity contribution in [2.75, 3.05) is 22.6 Å². The average molecular weight is 463 g/mol. The number of rotatable bonds is 8. The third-order valence-electron chi connectivity index (χ3n) is 5.55. The van der Waals surface area contributed by atoms with Gasteiger partial charge in [-0.15, -0.1) is 0 Å². The molecule has 0 fully saturated rings. The van der Waals surface area contributed by atoms with Crippen LogP contribution in [0.1, 0.15) is 37.6 Å². The molecule has 0 saturated carbocycles. The van der Waals surface area contributed by atoms with Crippen LogP contribution in [0.15, 0.2) is 42.6 Å². The summed E-state index contributed by atoms with van der Waals surface area (Å²) in [5.41, 5.74) is 3.42. The van der Waals surface area contributed by atoms with E-state index in [1.807, 2.05) is 76.0 Å². The van der Waals surface area contributed by atoms with Crippen molar-refractivity contribution in [1.29, 1.82) is 0 Å². The number of amides is 1. The summed E-state index contributed by atoms with van der Waals surface area (Å²) in [6.07, 6.45) is 1.86. The fourth-order valence-electron chi connectivity index (χ4n) is 3.48. The lowest BCUT2D eigenvalue weighted by Crippen LogP contribution is -2.44. The number of benzene rings is 1. The van der Waals surface area contributed by atoms with Crippen LogP contribution in [0, 0.1) is 6.92 Å². The van der Waals surface area contributed by atoms with E-state index in [0.717, 1.165) is 22.6 Å². The topological polar surface area (TPSA) is 102 Å². The van der Waals surface area contributed by atoms with E-state index >= 15 is 0 Å². The number of anilines is 3. The average Bonchev–Trinajstić information content (AvgIpc) is 2.82. The highest BCUT2D eigenvalue weighted by molar-refractivity contribution is 6.03. The SMILES string of the molecule is Cc1nc(NCc2ccc(OCc3ccc(OC(C)C)nc3)cc2)nc2c1NC(=O)[C@H](C)N2C. The van der Waals surface area contributed by atoms with E-state index in [0.29, 0.717) is 36.5 Å². The van der Waals surface area contributed by atoms with Crippen molar-refractivity contribution >= 4 is 23.4 Å². The van der Waals surface area contributed by atoms with E-state index in [-0.39, 0.29) is 18.1 Å². The van der Waals surface area contributed by atoms with E-state index in [9.17, 15) is 4.79 Å². The number of nitrogens with one attached hydrogen (secondary N) is 2. The Balaban J connectivity index is 1.33. The first kappa shape index (κ1) is 23.3. The summed E-state index contributed by atoms with van der Waals surface area (Å²) in [4.78, 5) is 27.3. The predicted octanol–water partition coefficient (Wildman–Crippen LogP) is 3.94. The maximum Gasteiger partial charge on any atom is 0.246 e. The van der Waals surface area contributed by atoms with Gasteiger partial charge in [0.25, 0.3) is 0 Å². The molecule has 2 N–H and O–H groups in total. The first-order chi connectivity index (χ1) is 16.3. The highest BCUT2D eigenvalue weighted by atomic mass is 16.5. The number of hydrogen-bond donors (Lipinski definition) is 2. The maximum absolute atomic E-state index is 12.1. The minimum Gasteiger partial charge on any atom is -0.489 e. The van der Waals surface area contributed by atoms with Crippen LogP contribution >= 0.6 is 0 Å². The van der Waals surface area contributed by atoms with Crippen LogP contribution in [0.3, 0.4) is 0 Å². The summed E-state index contributed by atoms with van der Waals surface area (Å²) >= 11 is 0. The Labute approximate surface area is 199 Å². The molecule has 1 amide bonds. The Bertz CT molecular complexity index is 1150. The molecule has 4 rings (SSSR count). The van der Waals surface area contributed by atoms with Crippen LogP contribution in [-0.2, 0) is 17.9 Å². The van der Waals surface area contributed by atoms with Gasteiger partial charge in [0.1, 0.15) is 24.1 Å². The van der Waals surface area contributed by atoms with Crippen LogP contribution < -0.4 is 25.0 Å². The molecule has 1 aromatic carbocycles. The molecule has 3 heterocycles. The molecule has 0 radical (unpaired) electrons. The van der Waals surface area contributed by atoms with Crippen molar-refractivity contribution in [3.05, 3.63) is 59.4 Å². The second-order valence-corrected chi connectivity index (χ2v) is 8.56. The summed E-state index contributed by atoms with van der Waals surface area (Å²) in [5.74, 6) is 2.56. The molecular weight excluding hydrogens is 432 g/mol. The van der Waals surface area contributed by atoms with Gasteiger partial charge in [-0.3, -0.25) is 4.79 Å². The molecule has 1 aliphatic rings. The molecule has 3 aromatic rings. The number of pyridine rings is 1. The fourth-order valence-corrected chi connectivity index (χ4v) is 3.48. The minimum absolute atomic E-state index is 0.0573. The van der Waals surface area contributed by atoms with Crippen molar-refractivity contribution in [3.8, 4) is 11.6 Å². The van der Waals surface area contributed by atoms with Crippen molar-refractivity contribution in [2.45, 2.75) is 53.0 Å². The monoisotopic (exact) mass is 462 g/mol. The third kappa shape index (κ3) is 5.36. The molecule has 9 heteroatoms. The first-order valence-electron chi connectivity index (χ1n) is 11.3. The lowest BCUT2D eigenvalue weighted by Gasteiger charge is -2.32. The summed E-state index contributed by atoms with van der Waals surface area (Å²) in [6.45, 7) is 8.64. The zero-order chi connectivity index (χ0) is 24.2. The molecule has 0 spiro atoms. The van der Waals surface area contributed by atoms with Crippen LogP contribution in [0.25, 0.3) is 0 Å². The number of fused-ring (bicyclic) bond motifs is 1. The Morgan fingerprint density at radius 1 is 1.12 bits per heavy atom. The number of aromatic nitrogens is 3. The molecule has 2 aromatic heterocycles. The van der Waals surface area contributed by atoms with Gasteiger partial charge in [-0.2, -0.15) is 4.98 Å². The van der Waals surface area contributed by atoms with Gasteiger partial charge in [0.15, 0.2) is 5.82 Å². The number of nitrogens with zero attached hydrogens (tertiary/aromatic N) is 4. The highest BCUT2D eigenvalue weighted by Gasteiger charge is 2.30. The second kappa shape index (κ2) is 9.94. The lowest BCUT2D eigenvalue weighted by atomic mass is 10.2. The van der Waals surface area contributed by atoms with Gasteiger partial charge in [-0.05, 0) is 51.5 Å². The minimum atomic E-state index is -0.288. The molecule has 9 nitrogen and oxygen atoms in total. The number of likely N-dealkylation sites (N-methyl/N-ethyl adjacent to an activating group) is 1. The summed E-state index contributed by atoms with van der Waals surface area (Å²) in [5, 5.41) is 6.16. The lowest BCUT2D eigenvalue weighted by molar-refractivity contribution is -0.117. The van der Waals surface area contributed by atoms with E-state index in [1.165, 1.54) is 0 Å². The zero-order valence-electron chi connectivity index (χ0n) is 20.1. The summed E-state index contributed by atoms with van der Waals surface area (Å²) in [6, 6.07) is 11.4. The van der Waals surface area contributed by atoms with Crippen molar-refractivity contribution in [2.24, 2.45) is 0 Å². The first-order valence-corrected chi connectivity index (χ1v) is 11.3. The Morgan fingerprint density at radius 3 is 2.53 bits per heavy atom. The largest absolute Gasteiger partial charge is 0.489 e. The van der Waals surface area contributed by atoms with Crippen molar-refractivity contribution < 1.29 is 14.3 Å². The molecule has 34 heavy (non-hydrogen) atoms. The van der Waals surface area contributed by atoms with Gasteiger partial charge in [0.2, 0.25) is 17.7 Å². The predicted molar refractivity (Wildman–Crippen MR) is 131 cm³/mol.